The van der Waals surface area contributed by atoms with E-state index < -0.39 is 4.81 Å². The summed E-state index contributed by atoms with van der Waals surface area (Å²) in [5.74, 6) is 0.944. The molecule has 0 fully saturated rings. The summed E-state index contributed by atoms with van der Waals surface area (Å²) in [5, 5.41) is 18.2. The van der Waals surface area contributed by atoms with Gasteiger partial charge in [0, 0.05) is 18.2 Å². The molecule has 5 aromatic carbocycles. The van der Waals surface area contributed by atoms with E-state index in [0.717, 1.165) is 21.5 Å². The predicted octanol–water partition coefficient (Wildman–Crippen LogP) is 6.81. The van der Waals surface area contributed by atoms with Gasteiger partial charge in [-0.15, -0.1) is 0 Å². The van der Waals surface area contributed by atoms with E-state index in [2.05, 4.69) is 0 Å². The SMILES string of the molecule is [O-][N+]1(c2ccccc2)Oc2cc3ccccc3cc2OOc2cc3ccccc3cc21. The Balaban J connectivity index is 1.62. The fraction of sp³-hybridized carbons (Fsp3) is 0. The van der Waals surface area contributed by atoms with Crippen molar-refractivity contribution in [3.8, 4) is 17.2 Å². The number of quaternary nitrogens is 1. The van der Waals surface area contributed by atoms with E-state index in [1.165, 1.54) is 0 Å². The molecule has 6 rings (SSSR count). The normalized spacial score (nSPS) is 17.5. The Labute approximate surface area is 178 Å². The molecule has 0 aromatic heterocycles. The van der Waals surface area contributed by atoms with Crippen LogP contribution >= 0.6 is 0 Å². The molecule has 5 aromatic rings. The number of fused-ring (bicyclic) bond motifs is 4. The zero-order chi connectivity index (χ0) is 20.8. The summed E-state index contributed by atoms with van der Waals surface area (Å²) in [5.41, 5.74) is 0.715. The van der Waals surface area contributed by atoms with Gasteiger partial charge in [-0.25, -0.2) is 0 Å². The number of hydrogen-bond acceptors (Lipinski definition) is 4. The molecule has 1 heterocycles. The van der Waals surface area contributed by atoms with E-state index in [1.807, 2.05) is 72.8 Å². The average Bonchev–Trinajstić information content (AvgIpc) is 2.81. The van der Waals surface area contributed by atoms with Crippen LogP contribution in [0.2, 0.25) is 0 Å². The van der Waals surface area contributed by atoms with Crippen molar-refractivity contribution in [2.45, 2.75) is 0 Å². The molecular formula is C26H17NO4. The lowest BCUT2D eigenvalue weighted by molar-refractivity contribution is -0.113. The fourth-order valence-corrected chi connectivity index (χ4v) is 3.93. The van der Waals surface area contributed by atoms with Crippen LogP contribution in [0.3, 0.4) is 0 Å². The third kappa shape index (κ3) is 2.87. The fourth-order valence-electron chi connectivity index (χ4n) is 3.93. The maximum absolute atomic E-state index is 14.4. The van der Waals surface area contributed by atoms with Gasteiger partial charge in [-0.1, -0.05) is 71.5 Å². The van der Waals surface area contributed by atoms with Gasteiger partial charge in [0.1, 0.15) is 0 Å². The van der Waals surface area contributed by atoms with Crippen molar-refractivity contribution in [1.82, 2.24) is 4.81 Å². The summed E-state index contributed by atoms with van der Waals surface area (Å²) in [7, 11) is 0. The Morgan fingerprint density at radius 3 is 1.65 bits per heavy atom. The number of para-hydroxylation sites is 1. The molecule has 0 saturated carbocycles. The molecule has 0 radical (unpaired) electrons. The quantitative estimate of drug-likeness (QED) is 0.174. The molecule has 1 aliphatic rings. The molecule has 1 aliphatic heterocycles. The maximum atomic E-state index is 14.4. The Morgan fingerprint density at radius 1 is 0.516 bits per heavy atom. The minimum Gasteiger partial charge on any atom is -0.578 e. The van der Waals surface area contributed by atoms with Crippen molar-refractivity contribution in [1.29, 1.82) is 0 Å². The first kappa shape index (κ1) is 17.8. The second kappa shape index (κ2) is 6.74. The highest BCUT2D eigenvalue weighted by atomic mass is 17.2. The molecular weight excluding hydrogens is 390 g/mol. The first-order chi connectivity index (χ1) is 15.2. The molecule has 1 atom stereocenters. The van der Waals surface area contributed by atoms with E-state index in [4.69, 9.17) is 14.6 Å². The Kier molecular flexibility index (Phi) is 3.86. The zero-order valence-electron chi connectivity index (χ0n) is 16.4. The smallest absolute Gasteiger partial charge is 0.244 e. The molecule has 150 valence electrons. The summed E-state index contributed by atoms with van der Waals surface area (Å²) in [6.45, 7) is 0. The van der Waals surface area contributed by atoms with E-state index in [0.29, 0.717) is 28.6 Å². The second-order valence-electron chi connectivity index (χ2n) is 7.46. The van der Waals surface area contributed by atoms with Crippen LogP contribution in [0.15, 0.2) is 103 Å². The molecule has 0 N–H and O–H groups in total. The summed E-state index contributed by atoms with van der Waals surface area (Å²) in [4.78, 5) is 16.4. The highest BCUT2D eigenvalue weighted by Crippen LogP contribution is 2.47. The molecule has 31 heavy (non-hydrogen) atoms. The van der Waals surface area contributed by atoms with Crippen molar-refractivity contribution in [2.75, 3.05) is 0 Å². The van der Waals surface area contributed by atoms with Gasteiger partial charge < -0.3 is 5.21 Å². The van der Waals surface area contributed by atoms with Gasteiger partial charge in [0.2, 0.25) is 22.9 Å². The van der Waals surface area contributed by atoms with Crippen LogP contribution in [-0.4, -0.2) is 0 Å². The summed E-state index contributed by atoms with van der Waals surface area (Å²) in [6, 6.07) is 31.8. The summed E-state index contributed by atoms with van der Waals surface area (Å²) < 4.78 is 0. The minimum absolute atomic E-state index is 0.295. The Morgan fingerprint density at radius 2 is 1.00 bits per heavy atom. The van der Waals surface area contributed by atoms with Crippen LogP contribution in [0, 0.1) is 5.21 Å². The van der Waals surface area contributed by atoms with Crippen LogP contribution in [0.1, 0.15) is 0 Å². The van der Waals surface area contributed by atoms with Crippen LogP contribution < -0.4 is 19.4 Å². The summed E-state index contributed by atoms with van der Waals surface area (Å²) >= 11 is 0. The molecule has 0 amide bonds. The van der Waals surface area contributed by atoms with Gasteiger partial charge in [-0.05, 0) is 39.7 Å². The standard InChI is InChI=1S/C26H17NO4/c28-27(22-12-2-1-3-13-22)23-14-18-8-4-5-9-19(18)15-24(23)30-31-26-17-21-11-7-6-10-20(21)16-25(26)29-27/h1-17H. The number of benzene rings is 5. The highest BCUT2D eigenvalue weighted by molar-refractivity contribution is 5.90. The number of rotatable bonds is 1. The largest absolute Gasteiger partial charge is 0.578 e. The minimum atomic E-state index is -1.17. The molecule has 1 unspecified atom stereocenters. The Hall–Kier alpha value is -4.06. The number of hydrogen-bond donors (Lipinski definition) is 0. The molecule has 0 spiro atoms. The van der Waals surface area contributed by atoms with Gasteiger partial charge >= 0.3 is 0 Å². The van der Waals surface area contributed by atoms with Crippen molar-refractivity contribution in [3.05, 3.63) is 108 Å². The van der Waals surface area contributed by atoms with Crippen molar-refractivity contribution < 1.29 is 14.6 Å². The van der Waals surface area contributed by atoms with E-state index in [9.17, 15) is 5.21 Å². The van der Waals surface area contributed by atoms with Crippen LogP contribution in [0.25, 0.3) is 21.5 Å². The number of nitrogens with zero attached hydrogens (tertiary/aromatic N) is 1. The molecule has 5 nitrogen and oxygen atoms in total. The molecule has 5 heteroatoms. The van der Waals surface area contributed by atoms with Gasteiger partial charge in [0.25, 0.3) is 0 Å². The van der Waals surface area contributed by atoms with Crippen molar-refractivity contribution in [2.24, 2.45) is 0 Å². The second-order valence-corrected chi connectivity index (χ2v) is 7.46. The van der Waals surface area contributed by atoms with Crippen LogP contribution in [0.4, 0.5) is 11.4 Å². The van der Waals surface area contributed by atoms with Gasteiger partial charge in [-0.3, -0.25) is 14.6 Å². The van der Waals surface area contributed by atoms with Gasteiger partial charge in [0.05, 0.1) is 0 Å². The van der Waals surface area contributed by atoms with Gasteiger partial charge in [-0.2, -0.15) is 0 Å². The molecule has 0 saturated heterocycles. The zero-order valence-corrected chi connectivity index (χ0v) is 16.4. The lowest BCUT2D eigenvalue weighted by Gasteiger charge is -2.39. The lowest BCUT2D eigenvalue weighted by atomic mass is 10.1. The van der Waals surface area contributed by atoms with Gasteiger partial charge in [0.15, 0.2) is 5.69 Å². The Bertz CT molecular complexity index is 1430. The van der Waals surface area contributed by atoms with E-state index in [-0.39, 0.29) is 0 Å². The third-order valence-electron chi connectivity index (χ3n) is 5.50. The molecule has 0 bridgehead atoms. The van der Waals surface area contributed by atoms with Crippen LogP contribution in [0.5, 0.6) is 17.2 Å². The third-order valence-corrected chi connectivity index (χ3v) is 5.50. The first-order valence-electron chi connectivity index (χ1n) is 9.97. The van der Waals surface area contributed by atoms with Crippen molar-refractivity contribution >= 4 is 32.9 Å². The maximum Gasteiger partial charge on any atom is 0.244 e. The van der Waals surface area contributed by atoms with E-state index >= 15 is 0 Å². The van der Waals surface area contributed by atoms with E-state index in [1.54, 1.807) is 30.3 Å². The summed E-state index contributed by atoms with van der Waals surface area (Å²) in [6.07, 6.45) is 0. The highest BCUT2D eigenvalue weighted by Gasteiger charge is 2.36. The van der Waals surface area contributed by atoms with Crippen molar-refractivity contribution in [3.63, 3.8) is 0 Å². The predicted molar refractivity (Wildman–Crippen MR) is 121 cm³/mol. The molecule has 0 aliphatic carbocycles. The van der Waals surface area contributed by atoms with Crippen LogP contribution in [-0.2, 0) is 0 Å². The average molecular weight is 407 g/mol. The topological polar surface area (TPSA) is 50.8 Å². The first-order valence-corrected chi connectivity index (χ1v) is 9.97. The lowest BCUT2D eigenvalue weighted by Crippen LogP contribution is -2.42. The monoisotopic (exact) mass is 407 g/mol.